The molecule has 1 aliphatic carbocycles. The van der Waals surface area contributed by atoms with E-state index in [1.54, 1.807) is 17.1 Å². The van der Waals surface area contributed by atoms with Crippen LogP contribution >= 0.6 is 0 Å². The predicted molar refractivity (Wildman–Crippen MR) is 109 cm³/mol. The summed E-state index contributed by atoms with van der Waals surface area (Å²) in [6, 6.07) is 14.3. The van der Waals surface area contributed by atoms with Gasteiger partial charge >= 0.3 is 0 Å². The Kier molecular flexibility index (Phi) is 5.17. The molecule has 0 atom stereocenters. The van der Waals surface area contributed by atoms with Crippen LogP contribution in [0.2, 0.25) is 0 Å². The van der Waals surface area contributed by atoms with E-state index in [1.807, 2.05) is 12.1 Å². The van der Waals surface area contributed by atoms with Gasteiger partial charge in [-0.2, -0.15) is 0 Å². The van der Waals surface area contributed by atoms with Crippen molar-refractivity contribution >= 4 is 21.7 Å². The van der Waals surface area contributed by atoms with Crippen molar-refractivity contribution in [3.63, 3.8) is 0 Å². The van der Waals surface area contributed by atoms with E-state index in [0.29, 0.717) is 25.9 Å². The summed E-state index contributed by atoms with van der Waals surface area (Å²) in [5.41, 5.74) is 2.88. The second-order valence-electron chi connectivity index (χ2n) is 7.85. The molecule has 1 heterocycles. The van der Waals surface area contributed by atoms with Gasteiger partial charge in [-0.3, -0.25) is 14.6 Å². The van der Waals surface area contributed by atoms with Crippen molar-refractivity contribution in [2.24, 2.45) is 5.92 Å². The molecule has 2 aromatic rings. The van der Waals surface area contributed by atoms with Crippen LogP contribution in [0.25, 0.3) is 0 Å². The fourth-order valence-electron chi connectivity index (χ4n) is 4.24. The van der Waals surface area contributed by atoms with Gasteiger partial charge in [0.1, 0.15) is 0 Å². The van der Waals surface area contributed by atoms with Gasteiger partial charge in [0.2, 0.25) is 5.91 Å². The molecule has 2 amide bonds. The van der Waals surface area contributed by atoms with Gasteiger partial charge in [-0.15, -0.1) is 0 Å². The van der Waals surface area contributed by atoms with Crippen LogP contribution in [-0.2, 0) is 27.5 Å². The molecule has 29 heavy (non-hydrogen) atoms. The Hall–Kier alpha value is -2.67. The molecule has 2 aliphatic rings. The largest absolute Gasteiger partial charge is 0.273 e. The topological polar surface area (TPSA) is 74.8 Å². The van der Waals surface area contributed by atoms with E-state index >= 15 is 0 Å². The normalized spacial score (nSPS) is 16.9. The first-order valence-corrected chi connectivity index (χ1v) is 11.7. The Bertz CT molecular complexity index is 1040. The standard InChI is InChI=1S/C22H24N2O4S/c1-29(27,28)20-9-4-8-19(15-20)22(26)24-11-5-10-23(24)21(25)14-16-12-17-6-2-3-7-18(17)13-16/h2-4,6-9,15-16H,5,10-14H2,1H3. The molecule has 0 aromatic heterocycles. The number of sulfone groups is 1. The number of amides is 2. The lowest BCUT2D eigenvalue weighted by atomic mass is 10.0. The van der Waals surface area contributed by atoms with Crippen LogP contribution in [0.1, 0.15) is 34.3 Å². The molecular formula is C22H24N2O4S. The third-order valence-electron chi connectivity index (χ3n) is 5.66. The number of fused-ring (bicyclic) bond motifs is 1. The fourth-order valence-corrected chi connectivity index (χ4v) is 4.90. The molecule has 0 unspecified atom stereocenters. The van der Waals surface area contributed by atoms with Crippen LogP contribution in [0.3, 0.4) is 0 Å². The zero-order valence-corrected chi connectivity index (χ0v) is 17.2. The van der Waals surface area contributed by atoms with Crippen molar-refractivity contribution in [3.05, 3.63) is 65.2 Å². The van der Waals surface area contributed by atoms with E-state index in [-0.39, 0.29) is 28.2 Å². The van der Waals surface area contributed by atoms with Gasteiger partial charge < -0.3 is 0 Å². The van der Waals surface area contributed by atoms with Gasteiger partial charge in [0.05, 0.1) is 4.90 Å². The maximum Gasteiger partial charge on any atom is 0.272 e. The highest BCUT2D eigenvalue weighted by Crippen LogP contribution is 2.30. The van der Waals surface area contributed by atoms with Gasteiger partial charge in [-0.25, -0.2) is 13.4 Å². The lowest BCUT2D eigenvalue weighted by molar-refractivity contribution is -0.141. The Balaban J connectivity index is 1.46. The van der Waals surface area contributed by atoms with E-state index in [9.17, 15) is 18.0 Å². The predicted octanol–water partition coefficient (Wildman–Crippen LogP) is 2.48. The molecule has 4 rings (SSSR count). The number of carbonyl (C=O) groups is 2. The van der Waals surface area contributed by atoms with E-state index < -0.39 is 9.84 Å². The van der Waals surface area contributed by atoms with E-state index in [0.717, 1.165) is 19.1 Å². The van der Waals surface area contributed by atoms with Gasteiger partial charge in [0.15, 0.2) is 9.84 Å². The lowest BCUT2D eigenvalue weighted by Gasteiger charge is -2.29. The average Bonchev–Trinajstić information content (AvgIpc) is 3.33. The maximum atomic E-state index is 13.0. The molecule has 1 fully saturated rings. The van der Waals surface area contributed by atoms with Crippen LogP contribution in [0, 0.1) is 5.92 Å². The molecule has 1 aliphatic heterocycles. The molecule has 2 aromatic carbocycles. The summed E-state index contributed by atoms with van der Waals surface area (Å²) >= 11 is 0. The monoisotopic (exact) mass is 412 g/mol. The van der Waals surface area contributed by atoms with Crippen molar-refractivity contribution in [2.45, 2.75) is 30.6 Å². The van der Waals surface area contributed by atoms with Gasteiger partial charge in [0.25, 0.3) is 5.91 Å². The molecule has 152 valence electrons. The molecule has 0 radical (unpaired) electrons. The van der Waals surface area contributed by atoms with Crippen molar-refractivity contribution in [2.75, 3.05) is 19.3 Å². The number of benzene rings is 2. The quantitative estimate of drug-likeness (QED) is 0.773. The SMILES string of the molecule is CS(=O)(=O)c1cccc(C(=O)N2CCCN2C(=O)CC2Cc3ccccc3C2)c1. The fraction of sp³-hybridized carbons (Fsp3) is 0.364. The first kappa shape index (κ1) is 19.6. The van der Waals surface area contributed by atoms with Crippen molar-refractivity contribution in [1.82, 2.24) is 10.0 Å². The van der Waals surface area contributed by atoms with Crippen LogP contribution in [0.4, 0.5) is 0 Å². The Morgan fingerprint density at radius 3 is 2.28 bits per heavy atom. The molecule has 7 heteroatoms. The molecule has 0 bridgehead atoms. The minimum atomic E-state index is -3.41. The molecule has 0 saturated carbocycles. The summed E-state index contributed by atoms with van der Waals surface area (Å²) in [6.07, 6.45) is 4.01. The summed E-state index contributed by atoms with van der Waals surface area (Å²) in [6.45, 7) is 0.967. The van der Waals surface area contributed by atoms with Gasteiger partial charge in [0, 0.05) is 31.3 Å². The summed E-state index contributed by atoms with van der Waals surface area (Å²) in [4.78, 5) is 26.1. The smallest absolute Gasteiger partial charge is 0.272 e. The summed E-state index contributed by atoms with van der Waals surface area (Å²) in [5, 5.41) is 3.00. The highest BCUT2D eigenvalue weighted by molar-refractivity contribution is 7.90. The average molecular weight is 413 g/mol. The van der Waals surface area contributed by atoms with Crippen LogP contribution in [-0.4, -0.2) is 49.6 Å². The van der Waals surface area contributed by atoms with Gasteiger partial charge in [-0.05, 0) is 54.5 Å². The number of rotatable bonds is 4. The first-order chi connectivity index (χ1) is 13.8. The highest BCUT2D eigenvalue weighted by Gasteiger charge is 2.33. The van der Waals surface area contributed by atoms with Crippen LogP contribution in [0.5, 0.6) is 0 Å². The Morgan fingerprint density at radius 1 is 0.966 bits per heavy atom. The second kappa shape index (κ2) is 7.63. The molecular weight excluding hydrogens is 388 g/mol. The third-order valence-corrected chi connectivity index (χ3v) is 6.77. The van der Waals surface area contributed by atoms with Crippen molar-refractivity contribution < 1.29 is 18.0 Å². The zero-order valence-electron chi connectivity index (χ0n) is 16.4. The van der Waals surface area contributed by atoms with E-state index in [1.165, 1.54) is 28.3 Å². The van der Waals surface area contributed by atoms with Crippen LogP contribution in [0.15, 0.2) is 53.4 Å². The second-order valence-corrected chi connectivity index (χ2v) is 9.86. The molecule has 0 N–H and O–H groups in total. The number of carbonyl (C=O) groups excluding carboxylic acids is 2. The van der Waals surface area contributed by atoms with E-state index in [2.05, 4.69) is 12.1 Å². The van der Waals surface area contributed by atoms with Crippen LogP contribution < -0.4 is 0 Å². The lowest BCUT2D eigenvalue weighted by Crippen LogP contribution is -2.45. The molecule has 6 nitrogen and oxygen atoms in total. The minimum Gasteiger partial charge on any atom is -0.273 e. The first-order valence-electron chi connectivity index (χ1n) is 9.82. The summed E-state index contributed by atoms with van der Waals surface area (Å²) in [5.74, 6) is -0.130. The zero-order chi connectivity index (χ0) is 20.6. The van der Waals surface area contributed by atoms with E-state index in [4.69, 9.17) is 0 Å². The maximum absolute atomic E-state index is 13.0. The third kappa shape index (κ3) is 4.05. The number of hydrazine groups is 1. The van der Waals surface area contributed by atoms with Crippen molar-refractivity contribution in [1.29, 1.82) is 0 Å². The Labute approximate surface area is 171 Å². The highest BCUT2D eigenvalue weighted by atomic mass is 32.2. The van der Waals surface area contributed by atoms with Gasteiger partial charge in [-0.1, -0.05) is 30.3 Å². The van der Waals surface area contributed by atoms with Crippen molar-refractivity contribution in [3.8, 4) is 0 Å². The number of nitrogens with zero attached hydrogens (tertiary/aromatic N) is 2. The Morgan fingerprint density at radius 2 is 1.62 bits per heavy atom. The number of hydrogen-bond donors (Lipinski definition) is 0. The molecule has 1 saturated heterocycles. The number of hydrogen-bond acceptors (Lipinski definition) is 4. The minimum absolute atomic E-state index is 0.0482. The molecule has 0 spiro atoms. The summed E-state index contributed by atoms with van der Waals surface area (Å²) in [7, 11) is -3.41. The summed E-state index contributed by atoms with van der Waals surface area (Å²) < 4.78 is 23.6.